The van der Waals surface area contributed by atoms with Gasteiger partial charge < -0.3 is 20.1 Å². The molecule has 0 saturated heterocycles. The number of amides is 2. The van der Waals surface area contributed by atoms with E-state index in [1.807, 2.05) is 36.6 Å². The number of benzene rings is 1. The Labute approximate surface area is 151 Å². The lowest BCUT2D eigenvalue weighted by Gasteiger charge is -2.19. The Hall–Kier alpha value is -2.22. The van der Waals surface area contributed by atoms with Gasteiger partial charge in [0.05, 0.1) is 7.11 Å². The van der Waals surface area contributed by atoms with Crippen molar-refractivity contribution in [2.45, 2.75) is 32.0 Å². The van der Waals surface area contributed by atoms with Crippen molar-refractivity contribution >= 4 is 29.7 Å². The summed E-state index contributed by atoms with van der Waals surface area (Å²) < 4.78 is 9.75. The molecule has 0 fully saturated rings. The molecule has 0 aliphatic heterocycles. The van der Waals surface area contributed by atoms with Crippen LogP contribution in [-0.4, -0.2) is 49.2 Å². The van der Waals surface area contributed by atoms with Gasteiger partial charge in [-0.3, -0.25) is 4.79 Å². The summed E-state index contributed by atoms with van der Waals surface area (Å²) in [7, 11) is 1.27. The molecular weight excluding hydrogens is 344 g/mol. The number of nitrogens with one attached hydrogen (secondary N) is 2. The first-order valence-corrected chi connectivity index (χ1v) is 9.21. The predicted octanol–water partition coefficient (Wildman–Crippen LogP) is 1.71. The number of alkyl carbamates (subject to hydrolysis) is 1. The molecule has 2 N–H and O–H groups in total. The number of hydrogen-bond acceptors (Lipinski definition) is 6. The fraction of sp³-hybridized carbons (Fsp3) is 0.471. The number of methoxy groups -OCH3 is 1. The summed E-state index contributed by atoms with van der Waals surface area (Å²) in [5, 5.41) is 5.02. The van der Waals surface area contributed by atoms with Gasteiger partial charge in [0, 0.05) is 0 Å². The maximum absolute atomic E-state index is 12.2. The van der Waals surface area contributed by atoms with Crippen molar-refractivity contribution in [3.8, 4) is 0 Å². The minimum atomic E-state index is -0.843. The van der Waals surface area contributed by atoms with Gasteiger partial charge in [-0.2, -0.15) is 11.8 Å². The monoisotopic (exact) mass is 368 g/mol. The number of ether oxygens (including phenoxy) is 2. The molecule has 0 aliphatic rings. The van der Waals surface area contributed by atoms with Crippen LogP contribution in [0.4, 0.5) is 4.79 Å². The predicted molar refractivity (Wildman–Crippen MR) is 96.2 cm³/mol. The second-order valence-electron chi connectivity index (χ2n) is 5.29. The number of carbonyl (C=O) groups is 3. The maximum Gasteiger partial charge on any atom is 0.408 e. The van der Waals surface area contributed by atoms with E-state index in [-0.39, 0.29) is 6.61 Å². The van der Waals surface area contributed by atoms with Crippen LogP contribution in [0.2, 0.25) is 0 Å². The standard InChI is InChI=1S/C17H24N2O5S/c1-12(15(20)19-14(9-10-25-3)16(21)23-2)18-17(22)24-11-13-7-5-4-6-8-13/h4-8,12,14H,9-11H2,1-3H3,(H,18,22)(H,19,20). The molecule has 138 valence electrons. The van der Waals surface area contributed by atoms with Crippen LogP contribution in [0.3, 0.4) is 0 Å². The number of carbonyl (C=O) groups excluding carboxylic acids is 3. The van der Waals surface area contributed by atoms with Gasteiger partial charge in [-0.15, -0.1) is 0 Å². The average Bonchev–Trinajstić information content (AvgIpc) is 2.63. The zero-order valence-corrected chi connectivity index (χ0v) is 15.4. The first-order valence-electron chi connectivity index (χ1n) is 7.82. The van der Waals surface area contributed by atoms with Crippen LogP contribution in [0.15, 0.2) is 30.3 Å². The molecule has 0 bridgehead atoms. The molecule has 2 amide bonds. The van der Waals surface area contributed by atoms with Gasteiger partial charge in [-0.1, -0.05) is 30.3 Å². The second kappa shape index (κ2) is 11.4. The summed E-state index contributed by atoms with van der Waals surface area (Å²) in [6.45, 7) is 1.63. The normalized spacial score (nSPS) is 12.6. The van der Waals surface area contributed by atoms with Crippen molar-refractivity contribution in [3.05, 3.63) is 35.9 Å². The minimum Gasteiger partial charge on any atom is -0.467 e. The van der Waals surface area contributed by atoms with Gasteiger partial charge in [0.15, 0.2) is 0 Å². The Balaban J connectivity index is 2.45. The summed E-state index contributed by atoms with van der Waals surface area (Å²) in [6.07, 6.45) is 1.65. The van der Waals surface area contributed by atoms with Crippen LogP contribution in [0.25, 0.3) is 0 Å². The molecule has 1 aromatic rings. The third kappa shape index (κ3) is 7.93. The maximum atomic E-state index is 12.2. The highest BCUT2D eigenvalue weighted by Gasteiger charge is 2.24. The highest BCUT2D eigenvalue weighted by atomic mass is 32.2. The lowest BCUT2D eigenvalue weighted by Crippen LogP contribution is -2.50. The molecule has 0 saturated carbocycles. The lowest BCUT2D eigenvalue weighted by molar-refractivity contribution is -0.145. The van der Waals surface area contributed by atoms with Crippen molar-refractivity contribution < 1.29 is 23.9 Å². The Bertz CT molecular complexity index is 567. The fourth-order valence-electron chi connectivity index (χ4n) is 1.93. The molecule has 0 heterocycles. The molecule has 0 radical (unpaired) electrons. The van der Waals surface area contributed by atoms with Crippen LogP contribution in [-0.2, 0) is 25.7 Å². The molecule has 1 aromatic carbocycles. The van der Waals surface area contributed by atoms with Crippen molar-refractivity contribution in [2.75, 3.05) is 19.1 Å². The van der Waals surface area contributed by atoms with E-state index in [4.69, 9.17) is 4.74 Å². The molecule has 7 nitrogen and oxygen atoms in total. The van der Waals surface area contributed by atoms with Gasteiger partial charge in [0.2, 0.25) is 5.91 Å². The van der Waals surface area contributed by atoms with E-state index in [9.17, 15) is 14.4 Å². The minimum absolute atomic E-state index is 0.111. The molecule has 0 aromatic heterocycles. The first kappa shape index (κ1) is 20.8. The summed E-state index contributed by atoms with van der Waals surface area (Å²) in [5.74, 6) is -0.296. The van der Waals surface area contributed by atoms with Crippen LogP contribution < -0.4 is 10.6 Å². The number of thioether (sulfide) groups is 1. The van der Waals surface area contributed by atoms with Gasteiger partial charge in [0.1, 0.15) is 18.7 Å². The third-order valence-electron chi connectivity index (χ3n) is 3.35. The van der Waals surface area contributed by atoms with Gasteiger partial charge in [-0.05, 0) is 30.9 Å². The molecule has 0 aliphatic carbocycles. The van der Waals surface area contributed by atoms with E-state index >= 15 is 0 Å². The fourth-order valence-corrected chi connectivity index (χ4v) is 2.40. The average molecular weight is 368 g/mol. The van der Waals surface area contributed by atoms with E-state index in [0.717, 1.165) is 5.56 Å². The molecule has 8 heteroatoms. The third-order valence-corrected chi connectivity index (χ3v) is 4.00. The zero-order chi connectivity index (χ0) is 18.7. The van der Waals surface area contributed by atoms with Gasteiger partial charge in [0.25, 0.3) is 0 Å². The van der Waals surface area contributed by atoms with E-state index in [1.165, 1.54) is 14.0 Å². The van der Waals surface area contributed by atoms with Crippen molar-refractivity contribution in [2.24, 2.45) is 0 Å². The topological polar surface area (TPSA) is 93.7 Å². The van der Waals surface area contributed by atoms with Crippen LogP contribution in [0.1, 0.15) is 18.9 Å². The van der Waals surface area contributed by atoms with E-state index < -0.39 is 30.1 Å². The van der Waals surface area contributed by atoms with E-state index in [2.05, 4.69) is 15.4 Å². The first-order chi connectivity index (χ1) is 12.0. The summed E-state index contributed by atoms with van der Waals surface area (Å²) in [6, 6.07) is 7.62. The largest absolute Gasteiger partial charge is 0.467 e. The molecule has 1 rings (SSSR count). The summed E-state index contributed by atoms with van der Waals surface area (Å²) in [5.41, 5.74) is 0.845. The summed E-state index contributed by atoms with van der Waals surface area (Å²) in [4.78, 5) is 35.6. The highest BCUT2D eigenvalue weighted by molar-refractivity contribution is 7.98. The van der Waals surface area contributed by atoms with Crippen LogP contribution in [0, 0.1) is 0 Å². The Morgan fingerprint density at radius 1 is 1.16 bits per heavy atom. The van der Waals surface area contributed by atoms with Crippen molar-refractivity contribution in [3.63, 3.8) is 0 Å². The Morgan fingerprint density at radius 2 is 1.84 bits per heavy atom. The summed E-state index contributed by atoms with van der Waals surface area (Å²) >= 11 is 1.56. The van der Waals surface area contributed by atoms with Crippen molar-refractivity contribution in [1.29, 1.82) is 0 Å². The Morgan fingerprint density at radius 3 is 2.44 bits per heavy atom. The van der Waals surface area contributed by atoms with Gasteiger partial charge in [-0.25, -0.2) is 9.59 Å². The quantitative estimate of drug-likeness (QED) is 0.645. The van der Waals surface area contributed by atoms with Crippen LogP contribution >= 0.6 is 11.8 Å². The Kier molecular flexibility index (Phi) is 9.46. The van der Waals surface area contributed by atoms with E-state index in [1.54, 1.807) is 11.8 Å². The van der Waals surface area contributed by atoms with Gasteiger partial charge >= 0.3 is 12.1 Å². The SMILES string of the molecule is COC(=O)C(CCSC)NC(=O)C(C)NC(=O)OCc1ccccc1. The number of hydrogen-bond donors (Lipinski definition) is 2. The highest BCUT2D eigenvalue weighted by Crippen LogP contribution is 2.04. The second-order valence-corrected chi connectivity index (χ2v) is 6.28. The molecular formula is C17H24N2O5S. The van der Waals surface area contributed by atoms with E-state index in [0.29, 0.717) is 12.2 Å². The lowest BCUT2D eigenvalue weighted by atomic mass is 10.2. The molecule has 0 spiro atoms. The molecule has 2 atom stereocenters. The van der Waals surface area contributed by atoms with Crippen LogP contribution in [0.5, 0.6) is 0 Å². The number of esters is 1. The smallest absolute Gasteiger partial charge is 0.408 e. The molecule has 2 unspecified atom stereocenters. The zero-order valence-electron chi connectivity index (χ0n) is 14.6. The molecule has 25 heavy (non-hydrogen) atoms. The van der Waals surface area contributed by atoms with Crippen molar-refractivity contribution in [1.82, 2.24) is 10.6 Å². The number of rotatable bonds is 9.